The SMILES string of the molecule is CCCN1CCC2(CC1)Oc1c(OC)cccc1[C@H]1C=C(c3ccc(OC)cc3)NN12. The third-order valence-corrected chi connectivity index (χ3v) is 6.70. The number of likely N-dealkylation sites (tertiary alicyclic amines) is 1. The van der Waals surface area contributed by atoms with Crippen molar-refractivity contribution in [3.63, 3.8) is 0 Å². The third kappa shape index (κ3) is 3.44. The van der Waals surface area contributed by atoms with Crippen LogP contribution in [0.25, 0.3) is 5.70 Å². The molecule has 0 amide bonds. The lowest BCUT2D eigenvalue weighted by atomic mass is 9.92. The van der Waals surface area contributed by atoms with E-state index in [0.717, 1.165) is 66.5 Å². The van der Waals surface area contributed by atoms with Gasteiger partial charge in [0.05, 0.1) is 26.0 Å². The molecular weight excluding hydrogens is 390 g/mol. The molecular formula is C25H31N3O3. The first-order valence-corrected chi connectivity index (χ1v) is 11.2. The standard InChI is InChI=1S/C25H31N3O3/c1-4-14-27-15-12-25(13-16-27)28-22(20-6-5-7-23(30-3)24(20)31-25)17-21(26-28)18-8-10-19(29-2)11-9-18/h5-11,17,22,26H,4,12-16H2,1-3H3/t22-/m1/s1. The summed E-state index contributed by atoms with van der Waals surface area (Å²) >= 11 is 0. The topological polar surface area (TPSA) is 46.2 Å². The Hall–Kier alpha value is -2.70. The summed E-state index contributed by atoms with van der Waals surface area (Å²) in [7, 11) is 3.41. The number of benzene rings is 2. The zero-order valence-corrected chi connectivity index (χ0v) is 18.6. The van der Waals surface area contributed by atoms with Gasteiger partial charge in [-0.1, -0.05) is 19.1 Å². The van der Waals surface area contributed by atoms with Crippen LogP contribution in [0.15, 0.2) is 48.5 Å². The number of nitrogens with one attached hydrogen (secondary N) is 1. The molecule has 0 saturated carbocycles. The second-order valence-electron chi connectivity index (χ2n) is 8.50. The molecule has 1 saturated heterocycles. The number of ether oxygens (including phenoxy) is 3. The van der Waals surface area contributed by atoms with Crippen LogP contribution in [0.1, 0.15) is 43.4 Å². The van der Waals surface area contributed by atoms with Gasteiger partial charge in [0.1, 0.15) is 5.75 Å². The first kappa shape index (κ1) is 20.2. The number of rotatable bonds is 5. The molecule has 164 valence electrons. The van der Waals surface area contributed by atoms with E-state index in [0.29, 0.717) is 0 Å². The maximum atomic E-state index is 6.80. The van der Waals surface area contributed by atoms with Gasteiger partial charge in [-0.3, -0.25) is 0 Å². The molecule has 3 aliphatic rings. The molecule has 2 aromatic rings. The molecule has 1 fully saturated rings. The average Bonchev–Trinajstić information content (AvgIpc) is 3.27. The molecule has 31 heavy (non-hydrogen) atoms. The molecule has 6 heteroatoms. The Kier molecular flexibility index (Phi) is 5.28. The van der Waals surface area contributed by atoms with E-state index >= 15 is 0 Å². The van der Waals surface area contributed by atoms with Gasteiger partial charge in [-0.15, -0.1) is 0 Å². The largest absolute Gasteiger partial charge is 0.497 e. The van der Waals surface area contributed by atoms with Crippen LogP contribution in [-0.2, 0) is 0 Å². The van der Waals surface area contributed by atoms with Gasteiger partial charge in [0.15, 0.2) is 17.2 Å². The number of hydrazine groups is 1. The zero-order valence-electron chi connectivity index (χ0n) is 18.6. The predicted molar refractivity (Wildman–Crippen MR) is 121 cm³/mol. The minimum Gasteiger partial charge on any atom is -0.497 e. The van der Waals surface area contributed by atoms with Gasteiger partial charge < -0.3 is 24.5 Å². The molecule has 5 rings (SSSR count). The number of hydrogen-bond acceptors (Lipinski definition) is 6. The quantitative estimate of drug-likeness (QED) is 0.781. The molecule has 0 bridgehead atoms. The highest BCUT2D eigenvalue weighted by Crippen LogP contribution is 2.51. The van der Waals surface area contributed by atoms with E-state index in [1.165, 1.54) is 6.42 Å². The fraction of sp³-hybridized carbons (Fsp3) is 0.440. The molecule has 1 atom stereocenters. The van der Waals surface area contributed by atoms with Crippen molar-refractivity contribution in [1.29, 1.82) is 0 Å². The summed E-state index contributed by atoms with van der Waals surface area (Å²) in [6.07, 6.45) is 5.37. The van der Waals surface area contributed by atoms with E-state index in [1.54, 1.807) is 14.2 Å². The average molecular weight is 422 g/mol. The Balaban J connectivity index is 1.52. The molecule has 2 aromatic carbocycles. The van der Waals surface area contributed by atoms with Crippen molar-refractivity contribution in [3.8, 4) is 17.2 Å². The highest BCUT2D eigenvalue weighted by Gasteiger charge is 2.52. The Morgan fingerprint density at radius 3 is 2.52 bits per heavy atom. The van der Waals surface area contributed by atoms with Crippen LogP contribution in [0, 0.1) is 0 Å². The number of nitrogens with zero attached hydrogens (tertiary/aromatic N) is 2. The lowest BCUT2D eigenvalue weighted by Gasteiger charge is -2.51. The van der Waals surface area contributed by atoms with Crippen molar-refractivity contribution in [2.24, 2.45) is 0 Å². The van der Waals surface area contributed by atoms with E-state index < -0.39 is 5.72 Å². The summed E-state index contributed by atoms with van der Waals surface area (Å²) in [4.78, 5) is 2.54. The van der Waals surface area contributed by atoms with Gasteiger partial charge in [-0.25, -0.2) is 0 Å². The van der Waals surface area contributed by atoms with Gasteiger partial charge >= 0.3 is 0 Å². The molecule has 0 aromatic heterocycles. The lowest BCUT2D eigenvalue weighted by molar-refractivity contribution is -0.160. The van der Waals surface area contributed by atoms with E-state index in [2.05, 4.69) is 46.5 Å². The number of hydrogen-bond donors (Lipinski definition) is 1. The Morgan fingerprint density at radius 1 is 1.06 bits per heavy atom. The molecule has 0 unspecified atom stereocenters. The van der Waals surface area contributed by atoms with Crippen LogP contribution in [0.2, 0.25) is 0 Å². The van der Waals surface area contributed by atoms with Crippen molar-refractivity contribution in [2.45, 2.75) is 38.0 Å². The summed E-state index contributed by atoms with van der Waals surface area (Å²) in [5.74, 6) is 2.54. The summed E-state index contributed by atoms with van der Waals surface area (Å²) in [6, 6.07) is 14.5. The lowest BCUT2D eigenvalue weighted by Crippen LogP contribution is -2.63. The molecule has 3 heterocycles. The highest BCUT2D eigenvalue weighted by atomic mass is 16.5. The zero-order chi connectivity index (χ0) is 21.4. The first-order chi connectivity index (χ1) is 15.2. The predicted octanol–water partition coefficient (Wildman–Crippen LogP) is 4.20. The van der Waals surface area contributed by atoms with Gasteiger partial charge in [-0.05, 0) is 54.9 Å². The number of para-hydroxylation sites is 1. The van der Waals surface area contributed by atoms with Crippen molar-refractivity contribution >= 4 is 5.70 Å². The maximum absolute atomic E-state index is 6.80. The monoisotopic (exact) mass is 421 g/mol. The van der Waals surface area contributed by atoms with Crippen molar-refractivity contribution in [1.82, 2.24) is 15.3 Å². The highest BCUT2D eigenvalue weighted by molar-refractivity contribution is 5.68. The summed E-state index contributed by atoms with van der Waals surface area (Å²) in [5.41, 5.74) is 6.67. The van der Waals surface area contributed by atoms with Crippen LogP contribution in [0.4, 0.5) is 0 Å². The number of fused-ring (bicyclic) bond motifs is 4. The van der Waals surface area contributed by atoms with Crippen LogP contribution in [-0.4, -0.2) is 49.5 Å². The molecule has 6 nitrogen and oxygen atoms in total. The van der Waals surface area contributed by atoms with Gasteiger partial charge in [0.2, 0.25) is 0 Å². The van der Waals surface area contributed by atoms with Crippen molar-refractivity contribution in [3.05, 3.63) is 59.7 Å². The maximum Gasteiger partial charge on any atom is 0.183 e. The Morgan fingerprint density at radius 2 is 1.84 bits per heavy atom. The first-order valence-electron chi connectivity index (χ1n) is 11.2. The summed E-state index contributed by atoms with van der Waals surface area (Å²) < 4.78 is 17.8. The van der Waals surface area contributed by atoms with Gasteiger partial charge in [0, 0.05) is 31.5 Å². The number of piperidine rings is 1. The summed E-state index contributed by atoms with van der Waals surface area (Å²) in [6.45, 7) is 5.44. The van der Waals surface area contributed by atoms with Crippen LogP contribution >= 0.6 is 0 Å². The van der Waals surface area contributed by atoms with Crippen LogP contribution in [0.3, 0.4) is 0 Å². The molecule has 3 aliphatic heterocycles. The Bertz CT molecular complexity index is 964. The van der Waals surface area contributed by atoms with Gasteiger partial charge in [0.25, 0.3) is 0 Å². The van der Waals surface area contributed by atoms with Crippen molar-refractivity contribution < 1.29 is 14.2 Å². The van der Waals surface area contributed by atoms with Gasteiger partial charge in [-0.2, -0.15) is 5.01 Å². The normalized spacial score (nSPS) is 22.2. The van der Waals surface area contributed by atoms with E-state index in [4.69, 9.17) is 14.2 Å². The minimum atomic E-state index is -0.402. The second-order valence-corrected chi connectivity index (χ2v) is 8.50. The molecule has 1 N–H and O–H groups in total. The second kappa shape index (κ2) is 8.09. The Labute approximate surface area is 184 Å². The number of methoxy groups -OCH3 is 2. The molecule has 0 aliphatic carbocycles. The molecule has 0 radical (unpaired) electrons. The van der Waals surface area contributed by atoms with E-state index in [9.17, 15) is 0 Å². The molecule has 1 spiro atoms. The van der Waals surface area contributed by atoms with Crippen molar-refractivity contribution in [2.75, 3.05) is 33.9 Å². The van der Waals surface area contributed by atoms with E-state index in [1.807, 2.05) is 24.3 Å². The van der Waals surface area contributed by atoms with Crippen LogP contribution < -0.4 is 19.6 Å². The fourth-order valence-electron chi connectivity index (χ4n) is 5.04. The van der Waals surface area contributed by atoms with E-state index in [-0.39, 0.29) is 6.04 Å². The summed E-state index contributed by atoms with van der Waals surface area (Å²) in [5, 5.41) is 2.33. The minimum absolute atomic E-state index is 0.0914. The fourth-order valence-corrected chi connectivity index (χ4v) is 5.04. The van der Waals surface area contributed by atoms with Crippen LogP contribution in [0.5, 0.6) is 17.2 Å². The third-order valence-electron chi connectivity index (χ3n) is 6.70. The smallest absolute Gasteiger partial charge is 0.183 e.